The Bertz CT molecular complexity index is 1110. The second-order valence-corrected chi connectivity index (χ2v) is 8.70. The number of carbonyl (C=O) groups excluding carboxylic acids is 1. The number of amides is 1. The van der Waals surface area contributed by atoms with Crippen LogP contribution in [0.4, 0.5) is 10.1 Å². The van der Waals surface area contributed by atoms with Crippen LogP contribution in [0, 0.1) is 5.82 Å². The van der Waals surface area contributed by atoms with Gasteiger partial charge in [-0.25, -0.2) is 8.70 Å². The minimum absolute atomic E-state index is 0.0255. The highest BCUT2D eigenvalue weighted by Gasteiger charge is 2.33. The molecule has 0 unspecified atom stereocenters. The summed E-state index contributed by atoms with van der Waals surface area (Å²) in [6.45, 7) is 2.25. The normalized spacial score (nSPS) is 18.7. The lowest BCUT2D eigenvalue weighted by molar-refractivity contribution is -0.128. The molecule has 2 aliphatic rings. The van der Waals surface area contributed by atoms with Gasteiger partial charge in [-0.05, 0) is 42.5 Å². The van der Waals surface area contributed by atoms with Crippen molar-refractivity contribution in [3.05, 3.63) is 77.8 Å². The van der Waals surface area contributed by atoms with Crippen LogP contribution in [0.1, 0.15) is 5.56 Å². The lowest BCUT2D eigenvalue weighted by Crippen LogP contribution is -2.51. The number of piperazine rings is 1. The summed E-state index contributed by atoms with van der Waals surface area (Å²) in [7, 11) is -2.74. The second-order valence-electron chi connectivity index (χ2n) is 7.07. The maximum absolute atomic E-state index is 13.2. The molecular formula is C21H21FN4O3S. The lowest BCUT2D eigenvalue weighted by atomic mass is 10.1. The van der Waals surface area contributed by atoms with Crippen molar-refractivity contribution >= 4 is 27.5 Å². The number of benzene rings is 2. The van der Waals surface area contributed by atoms with Crippen LogP contribution >= 0.6 is 0 Å². The molecule has 1 saturated heterocycles. The van der Waals surface area contributed by atoms with Gasteiger partial charge in [0.05, 0.1) is 5.71 Å². The summed E-state index contributed by atoms with van der Waals surface area (Å²) in [5.74, 6) is -0.810. The van der Waals surface area contributed by atoms with Crippen molar-refractivity contribution in [1.29, 1.82) is 0 Å². The van der Waals surface area contributed by atoms with Gasteiger partial charge in [0.2, 0.25) is 0 Å². The highest BCUT2D eigenvalue weighted by atomic mass is 32.2. The molecule has 0 N–H and O–H groups in total. The number of hydrogen-bond acceptors (Lipinski definition) is 4. The van der Waals surface area contributed by atoms with Crippen molar-refractivity contribution in [2.75, 3.05) is 38.1 Å². The molecule has 2 aromatic carbocycles. The van der Waals surface area contributed by atoms with Crippen LogP contribution in [-0.2, 0) is 15.0 Å². The standard InChI is InChI=1S/C21H21FN4O3S/c1-24-20(15-19(23-30(24,28)29)16-7-9-17(22)10-8-16)21(27)26-13-11-25(12-14-26)18-5-3-2-4-6-18/h2-10,15H,11-14H2,1H3. The molecule has 2 aromatic rings. The van der Waals surface area contributed by atoms with E-state index in [-0.39, 0.29) is 17.3 Å². The smallest absolute Gasteiger partial charge is 0.345 e. The molecule has 9 heteroatoms. The number of para-hydroxylation sites is 1. The molecule has 0 spiro atoms. The van der Waals surface area contributed by atoms with Crippen molar-refractivity contribution in [1.82, 2.24) is 9.21 Å². The van der Waals surface area contributed by atoms with Crippen LogP contribution in [0.2, 0.25) is 0 Å². The second kappa shape index (κ2) is 7.91. The minimum Gasteiger partial charge on any atom is -0.368 e. The summed E-state index contributed by atoms with van der Waals surface area (Å²) in [6, 6.07) is 15.3. The van der Waals surface area contributed by atoms with Crippen molar-refractivity contribution < 1.29 is 17.6 Å². The number of carbonyl (C=O) groups is 1. The van der Waals surface area contributed by atoms with E-state index in [1.807, 2.05) is 30.3 Å². The van der Waals surface area contributed by atoms with E-state index in [4.69, 9.17) is 0 Å². The molecule has 2 heterocycles. The van der Waals surface area contributed by atoms with Crippen molar-refractivity contribution in [2.24, 2.45) is 4.40 Å². The Morgan fingerprint density at radius 1 is 0.967 bits per heavy atom. The topological polar surface area (TPSA) is 73.3 Å². The van der Waals surface area contributed by atoms with Gasteiger partial charge in [-0.3, -0.25) is 4.79 Å². The van der Waals surface area contributed by atoms with E-state index in [1.165, 1.54) is 37.4 Å². The summed E-state index contributed by atoms with van der Waals surface area (Å²) < 4.78 is 42.9. The summed E-state index contributed by atoms with van der Waals surface area (Å²) >= 11 is 0. The minimum atomic E-state index is -4.05. The molecule has 0 bridgehead atoms. The molecule has 0 atom stereocenters. The van der Waals surface area contributed by atoms with Gasteiger partial charge in [0.1, 0.15) is 11.5 Å². The highest BCUT2D eigenvalue weighted by Crippen LogP contribution is 2.23. The largest absolute Gasteiger partial charge is 0.368 e. The van der Waals surface area contributed by atoms with Crippen LogP contribution in [0.3, 0.4) is 0 Å². The molecule has 156 valence electrons. The fourth-order valence-electron chi connectivity index (χ4n) is 3.48. The van der Waals surface area contributed by atoms with E-state index in [0.717, 1.165) is 9.99 Å². The molecule has 7 nitrogen and oxygen atoms in total. The van der Waals surface area contributed by atoms with E-state index in [0.29, 0.717) is 31.7 Å². The SMILES string of the molecule is CN1C(C(=O)N2CCN(c3ccccc3)CC2)=CC(c2ccc(F)cc2)=NS1(=O)=O. The number of allylic oxidation sites excluding steroid dienone is 1. The van der Waals surface area contributed by atoms with Gasteiger partial charge in [0.15, 0.2) is 0 Å². The Morgan fingerprint density at radius 3 is 2.23 bits per heavy atom. The molecule has 1 amide bonds. The molecule has 2 aliphatic heterocycles. The zero-order chi connectivity index (χ0) is 21.3. The zero-order valence-electron chi connectivity index (χ0n) is 16.4. The number of halogens is 1. The first-order valence-corrected chi connectivity index (χ1v) is 10.9. The molecule has 0 aromatic heterocycles. The number of hydrogen-bond donors (Lipinski definition) is 0. The van der Waals surface area contributed by atoms with E-state index in [2.05, 4.69) is 9.30 Å². The Morgan fingerprint density at radius 2 is 1.60 bits per heavy atom. The van der Waals surface area contributed by atoms with Crippen molar-refractivity contribution in [2.45, 2.75) is 0 Å². The molecule has 1 fully saturated rings. The van der Waals surface area contributed by atoms with E-state index in [1.54, 1.807) is 4.90 Å². The summed E-state index contributed by atoms with van der Waals surface area (Å²) in [5, 5.41) is 0. The van der Waals surface area contributed by atoms with Gasteiger partial charge in [-0.15, -0.1) is 4.40 Å². The third-order valence-electron chi connectivity index (χ3n) is 5.22. The molecule has 4 rings (SSSR count). The van der Waals surface area contributed by atoms with Crippen LogP contribution in [0.15, 0.2) is 70.8 Å². The number of anilines is 1. The van der Waals surface area contributed by atoms with Crippen LogP contribution in [0.5, 0.6) is 0 Å². The van der Waals surface area contributed by atoms with Gasteiger partial charge in [0, 0.05) is 44.5 Å². The molecule has 0 radical (unpaired) electrons. The van der Waals surface area contributed by atoms with Gasteiger partial charge < -0.3 is 9.80 Å². The molecule has 0 saturated carbocycles. The van der Waals surface area contributed by atoms with Crippen LogP contribution in [-0.4, -0.2) is 62.5 Å². The van der Waals surface area contributed by atoms with Crippen molar-refractivity contribution in [3.8, 4) is 0 Å². The molecule has 0 aliphatic carbocycles. The average Bonchev–Trinajstić information content (AvgIpc) is 2.76. The fraction of sp³-hybridized carbons (Fsp3) is 0.238. The van der Waals surface area contributed by atoms with Gasteiger partial charge in [-0.2, -0.15) is 8.42 Å². The van der Waals surface area contributed by atoms with E-state index in [9.17, 15) is 17.6 Å². The predicted octanol–water partition coefficient (Wildman–Crippen LogP) is 2.04. The van der Waals surface area contributed by atoms with E-state index < -0.39 is 16.0 Å². The average molecular weight is 428 g/mol. The summed E-state index contributed by atoms with van der Waals surface area (Å²) in [6.07, 6.45) is 1.44. The highest BCUT2D eigenvalue weighted by molar-refractivity contribution is 7.88. The number of likely N-dealkylation sites (N-methyl/N-ethyl adjacent to an activating group) is 1. The summed E-state index contributed by atoms with van der Waals surface area (Å²) in [4.78, 5) is 17.0. The van der Waals surface area contributed by atoms with Crippen molar-refractivity contribution in [3.63, 3.8) is 0 Å². The number of rotatable bonds is 3. The maximum atomic E-state index is 13.2. The first kappa shape index (κ1) is 20.1. The Balaban J connectivity index is 1.55. The third kappa shape index (κ3) is 3.93. The quantitative estimate of drug-likeness (QED) is 0.750. The summed E-state index contributed by atoms with van der Waals surface area (Å²) in [5.41, 5.74) is 1.65. The number of nitrogens with zero attached hydrogens (tertiary/aromatic N) is 4. The lowest BCUT2D eigenvalue weighted by Gasteiger charge is -2.37. The van der Waals surface area contributed by atoms with Crippen LogP contribution < -0.4 is 4.90 Å². The monoisotopic (exact) mass is 428 g/mol. The van der Waals surface area contributed by atoms with Gasteiger partial charge >= 0.3 is 10.2 Å². The molecule has 30 heavy (non-hydrogen) atoms. The fourth-order valence-corrected chi connectivity index (χ4v) is 4.39. The Hall–Kier alpha value is -3.20. The van der Waals surface area contributed by atoms with Gasteiger partial charge in [0.25, 0.3) is 5.91 Å². The zero-order valence-corrected chi connectivity index (χ0v) is 17.2. The maximum Gasteiger partial charge on any atom is 0.345 e. The Labute approximate surface area is 174 Å². The first-order valence-electron chi connectivity index (χ1n) is 9.51. The van der Waals surface area contributed by atoms with E-state index >= 15 is 0 Å². The third-order valence-corrected chi connectivity index (χ3v) is 6.54. The first-order chi connectivity index (χ1) is 14.3. The molecular weight excluding hydrogens is 407 g/mol. The van der Waals surface area contributed by atoms with Crippen LogP contribution in [0.25, 0.3) is 0 Å². The Kier molecular flexibility index (Phi) is 5.29. The predicted molar refractivity (Wildman–Crippen MR) is 113 cm³/mol. The van der Waals surface area contributed by atoms with Gasteiger partial charge in [-0.1, -0.05) is 18.2 Å².